The first-order valence-corrected chi connectivity index (χ1v) is 8.09. The number of methoxy groups -OCH3 is 1. The van der Waals surface area contributed by atoms with Gasteiger partial charge in [0.15, 0.2) is 0 Å². The lowest BCUT2D eigenvalue weighted by molar-refractivity contribution is 0.0501. The van der Waals surface area contributed by atoms with Crippen molar-refractivity contribution in [3.05, 3.63) is 29.3 Å². The van der Waals surface area contributed by atoms with Gasteiger partial charge < -0.3 is 20.1 Å². The Kier molecular flexibility index (Phi) is 7.52. The summed E-state index contributed by atoms with van der Waals surface area (Å²) in [7, 11) is 3.19. The summed E-state index contributed by atoms with van der Waals surface area (Å²) < 4.78 is 4.90. The van der Waals surface area contributed by atoms with Crippen molar-refractivity contribution in [1.29, 1.82) is 0 Å². The van der Waals surface area contributed by atoms with Crippen LogP contribution in [0.5, 0.6) is 0 Å². The lowest BCUT2D eigenvalue weighted by Crippen LogP contribution is -2.39. The number of para-hydroxylation sites is 1. The first-order valence-electron chi connectivity index (χ1n) is 8.09. The maximum atomic E-state index is 12.5. The summed E-state index contributed by atoms with van der Waals surface area (Å²) in [6.45, 7) is 8.88. The minimum absolute atomic E-state index is 0.206. The summed E-state index contributed by atoms with van der Waals surface area (Å²) in [5.41, 5.74) is 3.13. The maximum absolute atomic E-state index is 12.5. The molecule has 5 nitrogen and oxygen atoms in total. The van der Waals surface area contributed by atoms with Gasteiger partial charge in [0.2, 0.25) is 0 Å². The summed E-state index contributed by atoms with van der Waals surface area (Å²) in [4.78, 5) is 13.9. The highest BCUT2D eigenvalue weighted by Gasteiger charge is 2.19. The van der Waals surface area contributed by atoms with Crippen molar-refractivity contribution in [1.82, 2.24) is 4.90 Å². The van der Waals surface area contributed by atoms with Crippen LogP contribution in [0.4, 0.5) is 10.5 Å². The van der Waals surface area contributed by atoms with Gasteiger partial charge in [-0.3, -0.25) is 0 Å². The van der Waals surface area contributed by atoms with Gasteiger partial charge in [0, 0.05) is 19.8 Å². The monoisotopic (exact) mass is 322 g/mol. The van der Waals surface area contributed by atoms with Crippen molar-refractivity contribution < 1.29 is 14.6 Å². The first-order chi connectivity index (χ1) is 10.8. The van der Waals surface area contributed by atoms with Gasteiger partial charge >= 0.3 is 6.03 Å². The van der Waals surface area contributed by atoms with E-state index >= 15 is 0 Å². The summed E-state index contributed by atoms with van der Waals surface area (Å²) in [5, 5.41) is 12.8. The van der Waals surface area contributed by atoms with E-state index in [1.54, 1.807) is 7.05 Å². The number of carbonyl (C=O) groups excluding carboxylic acids is 1. The van der Waals surface area contributed by atoms with Crippen LogP contribution in [0.25, 0.3) is 0 Å². The molecule has 1 rings (SSSR count). The minimum Gasteiger partial charge on any atom is -0.389 e. The minimum atomic E-state index is -0.694. The van der Waals surface area contributed by atoms with E-state index in [1.165, 1.54) is 12.0 Å². The van der Waals surface area contributed by atoms with Gasteiger partial charge in [-0.05, 0) is 23.0 Å². The molecule has 2 N–H and O–H groups in total. The van der Waals surface area contributed by atoms with Crippen LogP contribution in [-0.4, -0.2) is 49.5 Å². The molecule has 1 atom stereocenters. The van der Waals surface area contributed by atoms with E-state index < -0.39 is 6.10 Å². The van der Waals surface area contributed by atoms with E-state index in [4.69, 9.17) is 4.74 Å². The number of amides is 2. The number of likely N-dealkylation sites (N-methyl/N-ethyl adjacent to an activating group) is 1. The highest BCUT2D eigenvalue weighted by atomic mass is 16.5. The number of carbonyl (C=O) groups is 1. The first kappa shape index (κ1) is 19.5. The molecule has 0 aliphatic rings. The smallest absolute Gasteiger partial charge is 0.321 e. The van der Waals surface area contributed by atoms with Crippen molar-refractivity contribution in [3.8, 4) is 0 Å². The van der Waals surface area contributed by atoms with Crippen LogP contribution in [0.15, 0.2) is 18.2 Å². The standard InChI is InChI=1S/C18H30N2O3/c1-12(2)15-8-7-9-16(13(3)4)17(15)19-18(22)20(5)10-14(21)11-23-6/h7-9,12-14,21H,10-11H2,1-6H3,(H,19,22). The number of hydrogen-bond acceptors (Lipinski definition) is 3. The number of benzene rings is 1. The van der Waals surface area contributed by atoms with Crippen LogP contribution in [-0.2, 0) is 4.74 Å². The van der Waals surface area contributed by atoms with Crippen LogP contribution < -0.4 is 5.32 Å². The summed E-state index contributed by atoms with van der Waals surface area (Å²) in [6.07, 6.45) is -0.694. The molecule has 0 radical (unpaired) electrons. The molecule has 1 aromatic rings. The highest BCUT2D eigenvalue weighted by molar-refractivity contribution is 5.91. The summed E-state index contributed by atoms with van der Waals surface area (Å²) in [6, 6.07) is 5.90. The quantitative estimate of drug-likeness (QED) is 0.809. The Balaban J connectivity index is 2.96. The Hall–Kier alpha value is -1.59. The maximum Gasteiger partial charge on any atom is 0.321 e. The van der Waals surface area contributed by atoms with Crippen LogP contribution in [0.1, 0.15) is 50.7 Å². The fourth-order valence-corrected chi connectivity index (χ4v) is 2.54. The Morgan fingerprint density at radius 2 is 1.74 bits per heavy atom. The zero-order valence-electron chi connectivity index (χ0n) is 15.1. The molecule has 0 saturated heterocycles. The second kappa shape index (κ2) is 8.89. The van der Waals surface area contributed by atoms with Crippen molar-refractivity contribution in [3.63, 3.8) is 0 Å². The Morgan fingerprint density at radius 1 is 1.22 bits per heavy atom. The number of aliphatic hydroxyl groups is 1. The molecule has 0 fully saturated rings. The van der Waals surface area contributed by atoms with E-state index in [9.17, 15) is 9.90 Å². The normalized spacial score (nSPS) is 12.6. The zero-order valence-corrected chi connectivity index (χ0v) is 15.1. The van der Waals surface area contributed by atoms with Crippen LogP contribution >= 0.6 is 0 Å². The molecule has 5 heteroatoms. The predicted molar refractivity (Wildman–Crippen MR) is 94.2 cm³/mol. The third-order valence-corrected chi connectivity index (χ3v) is 3.80. The molecule has 0 aromatic heterocycles. The van der Waals surface area contributed by atoms with Gasteiger partial charge in [-0.25, -0.2) is 4.79 Å². The fraction of sp³-hybridized carbons (Fsp3) is 0.611. The summed E-state index contributed by atoms with van der Waals surface area (Å²) in [5.74, 6) is 0.627. The largest absolute Gasteiger partial charge is 0.389 e. The summed E-state index contributed by atoms with van der Waals surface area (Å²) >= 11 is 0. The molecule has 0 bridgehead atoms. The van der Waals surface area contributed by atoms with Crippen molar-refractivity contribution in [2.45, 2.75) is 45.6 Å². The molecular formula is C18H30N2O3. The van der Waals surface area contributed by atoms with Gasteiger partial charge in [-0.2, -0.15) is 0 Å². The van der Waals surface area contributed by atoms with Gasteiger partial charge in [0.1, 0.15) is 0 Å². The topological polar surface area (TPSA) is 61.8 Å². The third-order valence-electron chi connectivity index (χ3n) is 3.80. The van der Waals surface area contributed by atoms with Gasteiger partial charge in [-0.15, -0.1) is 0 Å². The lowest BCUT2D eigenvalue weighted by Gasteiger charge is -2.24. The molecule has 0 aliphatic carbocycles. The van der Waals surface area contributed by atoms with E-state index in [-0.39, 0.29) is 19.2 Å². The van der Waals surface area contributed by atoms with E-state index in [0.717, 1.165) is 16.8 Å². The van der Waals surface area contributed by atoms with E-state index in [1.807, 2.05) is 18.2 Å². The van der Waals surface area contributed by atoms with E-state index in [0.29, 0.717) is 11.8 Å². The SMILES string of the molecule is COCC(O)CN(C)C(=O)Nc1c(C(C)C)cccc1C(C)C. The molecule has 23 heavy (non-hydrogen) atoms. The fourth-order valence-electron chi connectivity index (χ4n) is 2.54. The second-order valence-corrected chi connectivity index (χ2v) is 6.54. The molecule has 0 spiro atoms. The molecule has 130 valence electrons. The number of nitrogens with one attached hydrogen (secondary N) is 1. The number of hydrogen-bond donors (Lipinski definition) is 2. The van der Waals surface area contributed by atoms with Crippen molar-refractivity contribution >= 4 is 11.7 Å². The molecule has 1 aromatic carbocycles. The van der Waals surface area contributed by atoms with Gasteiger partial charge in [0.05, 0.1) is 19.3 Å². The van der Waals surface area contributed by atoms with Crippen molar-refractivity contribution in [2.24, 2.45) is 0 Å². The number of anilines is 1. The number of nitrogens with zero attached hydrogens (tertiary/aromatic N) is 1. The number of urea groups is 1. The Bertz CT molecular complexity index is 489. The average Bonchev–Trinajstić information content (AvgIpc) is 2.46. The van der Waals surface area contributed by atoms with Crippen LogP contribution in [0.2, 0.25) is 0 Å². The van der Waals surface area contributed by atoms with Crippen molar-refractivity contribution in [2.75, 3.05) is 32.6 Å². The van der Waals surface area contributed by atoms with Gasteiger partial charge in [0.25, 0.3) is 0 Å². The number of aliphatic hydroxyl groups excluding tert-OH is 1. The highest BCUT2D eigenvalue weighted by Crippen LogP contribution is 2.32. The van der Waals surface area contributed by atoms with E-state index in [2.05, 4.69) is 33.0 Å². The van der Waals surface area contributed by atoms with Crippen LogP contribution in [0.3, 0.4) is 0 Å². The molecular weight excluding hydrogens is 292 g/mol. The second-order valence-electron chi connectivity index (χ2n) is 6.54. The Morgan fingerprint density at radius 3 is 2.17 bits per heavy atom. The lowest BCUT2D eigenvalue weighted by atomic mass is 9.93. The molecule has 2 amide bonds. The predicted octanol–water partition coefficient (Wildman–Crippen LogP) is 3.40. The zero-order chi connectivity index (χ0) is 17.6. The number of rotatable bonds is 7. The van der Waals surface area contributed by atoms with Gasteiger partial charge in [-0.1, -0.05) is 45.9 Å². The Labute approximate surface area is 139 Å². The molecule has 0 saturated carbocycles. The number of ether oxygens (including phenoxy) is 1. The average molecular weight is 322 g/mol. The third kappa shape index (κ3) is 5.52. The molecule has 0 heterocycles. The molecule has 0 aliphatic heterocycles. The molecule has 1 unspecified atom stereocenters. The van der Waals surface area contributed by atoms with Crippen LogP contribution in [0, 0.1) is 0 Å².